The molecule has 2 aliphatic rings. The van der Waals surface area contributed by atoms with Crippen LogP contribution in [0.15, 0.2) is 24.3 Å². The van der Waals surface area contributed by atoms with Gasteiger partial charge in [-0.1, -0.05) is 38.2 Å². The Labute approximate surface area is 173 Å². The van der Waals surface area contributed by atoms with Crippen molar-refractivity contribution >= 4 is 23.4 Å². The smallest absolute Gasteiger partial charge is 0.253 e. The number of carbonyl (C=O) groups is 3. The molecule has 0 bridgehead atoms. The third-order valence-electron chi connectivity index (χ3n) is 6.06. The Balaban J connectivity index is 1.51. The molecule has 1 aromatic carbocycles. The van der Waals surface area contributed by atoms with E-state index in [1.54, 1.807) is 24.3 Å². The van der Waals surface area contributed by atoms with Gasteiger partial charge in [-0.05, 0) is 37.0 Å². The SMILES string of the molecule is CC(=O)Nc1cccc(C(=O)N2CCCN(C(=O)CCC3CCCCC3)CC2)c1. The lowest BCUT2D eigenvalue weighted by molar-refractivity contribution is -0.131. The van der Waals surface area contributed by atoms with Crippen LogP contribution in [0.4, 0.5) is 5.69 Å². The number of nitrogens with zero attached hydrogens (tertiary/aromatic N) is 2. The first kappa shape index (κ1) is 21.3. The summed E-state index contributed by atoms with van der Waals surface area (Å²) in [6, 6.07) is 7.03. The van der Waals surface area contributed by atoms with Crippen LogP contribution in [0.25, 0.3) is 0 Å². The Hall–Kier alpha value is -2.37. The van der Waals surface area contributed by atoms with Crippen molar-refractivity contribution in [1.82, 2.24) is 9.80 Å². The first-order valence-electron chi connectivity index (χ1n) is 11.0. The molecule has 1 N–H and O–H groups in total. The Morgan fingerprint density at radius 2 is 1.69 bits per heavy atom. The third-order valence-corrected chi connectivity index (χ3v) is 6.06. The Morgan fingerprint density at radius 1 is 0.966 bits per heavy atom. The van der Waals surface area contributed by atoms with Gasteiger partial charge in [-0.2, -0.15) is 0 Å². The number of amides is 3. The van der Waals surface area contributed by atoms with Crippen LogP contribution in [0, 0.1) is 5.92 Å². The van der Waals surface area contributed by atoms with Gasteiger partial charge < -0.3 is 15.1 Å². The van der Waals surface area contributed by atoms with E-state index in [9.17, 15) is 14.4 Å². The lowest BCUT2D eigenvalue weighted by atomic mass is 9.86. The molecule has 3 amide bonds. The summed E-state index contributed by atoms with van der Waals surface area (Å²) >= 11 is 0. The molecule has 1 saturated heterocycles. The van der Waals surface area contributed by atoms with Gasteiger partial charge in [-0.3, -0.25) is 14.4 Å². The minimum atomic E-state index is -0.160. The van der Waals surface area contributed by atoms with Crippen LogP contribution >= 0.6 is 0 Å². The van der Waals surface area contributed by atoms with E-state index in [2.05, 4.69) is 5.32 Å². The van der Waals surface area contributed by atoms with Crippen molar-refractivity contribution in [2.24, 2.45) is 5.92 Å². The van der Waals surface area contributed by atoms with Crippen LogP contribution in [-0.4, -0.2) is 53.7 Å². The van der Waals surface area contributed by atoms with Crippen molar-refractivity contribution in [3.63, 3.8) is 0 Å². The van der Waals surface area contributed by atoms with Gasteiger partial charge in [-0.15, -0.1) is 0 Å². The van der Waals surface area contributed by atoms with E-state index in [4.69, 9.17) is 0 Å². The number of benzene rings is 1. The summed E-state index contributed by atoms with van der Waals surface area (Å²) in [5.74, 6) is 0.742. The van der Waals surface area contributed by atoms with Crippen LogP contribution in [0.5, 0.6) is 0 Å². The van der Waals surface area contributed by atoms with E-state index < -0.39 is 0 Å². The Bertz CT molecular complexity index is 728. The fourth-order valence-electron chi connectivity index (χ4n) is 4.45. The quantitative estimate of drug-likeness (QED) is 0.821. The molecule has 1 heterocycles. The molecule has 0 aromatic heterocycles. The predicted molar refractivity (Wildman–Crippen MR) is 114 cm³/mol. The fourth-order valence-corrected chi connectivity index (χ4v) is 4.45. The van der Waals surface area contributed by atoms with E-state index >= 15 is 0 Å². The molecule has 1 aromatic rings. The largest absolute Gasteiger partial charge is 0.341 e. The summed E-state index contributed by atoms with van der Waals surface area (Å²) in [5.41, 5.74) is 1.19. The molecule has 1 saturated carbocycles. The standard InChI is InChI=1S/C23H33N3O3/c1-18(27)24-21-10-5-9-20(17-21)23(29)26-14-6-13-25(15-16-26)22(28)12-11-19-7-3-2-4-8-19/h5,9-10,17,19H,2-4,6-8,11-16H2,1H3,(H,24,27). The molecule has 0 unspecified atom stereocenters. The number of hydrogen-bond donors (Lipinski definition) is 1. The van der Waals surface area contributed by atoms with Crippen LogP contribution in [-0.2, 0) is 9.59 Å². The highest BCUT2D eigenvalue weighted by atomic mass is 16.2. The molecule has 6 nitrogen and oxygen atoms in total. The molecular formula is C23H33N3O3. The van der Waals surface area contributed by atoms with Gasteiger partial charge in [0.15, 0.2) is 0 Å². The van der Waals surface area contributed by atoms with Gasteiger partial charge in [-0.25, -0.2) is 0 Å². The molecule has 0 spiro atoms. The second kappa shape index (κ2) is 10.4. The summed E-state index contributed by atoms with van der Waals surface area (Å²) in [6.45, 7) is 3.97. The zero-order valence-corrected chi connectivity index (χ0v) is 17.5. The average molecular weight is 400 g/mol. The molecule has 29 heavy (non-hydrogen) atoms. The van der Waals surface area contributed by atoms with Gasteiger partial charge in [0, 0.05) is 50.8 Å². The van der Waals surface area contributed by atoms with Gasteiger partial charge in [0.1, 0.15) is 0 Å². The van der Waals surface area contributed by atoms with Crippen LogP contribution < -0.4 is 5.32 Å². The third kappa shape index (κ3) is 6.31. The summed E-state index contributed by atoms with van der Waals surface area (Å²) < 4.78 is 0. The van der Waals surface area contributed by atoms with Crippen molar-refractivity contribution in [2.75, 3.05) is 31.5 Å². The molecular weight excluding hydrogens is 366 g/mol. The number of anilines is 1. The molecule has 1 aliphatic carbocycles. The topological polar surface area (TPSA) is 69.7 Å². The lowest BCUT2D eigenvalue weighted by Gasteiger charge is -2.24. The Morgan fingerprint density at radius 3 is 2.45 bits per heavy atom. The zero-order valence-electron chi connectivity index (χ0n) is 17.5. The van der Waals surface area contributed by atoms with Crippen molar-refractivity contribution in [2.45, 2.75) is 58.3 Å². The number of nitrogens with one attached hydrogen (secondary N) is 1. The zero-order chi connectivity index (χ0) is 20.6. The summed E-state index contributed by atoms with van der Waals surface area (Å²) in [5, 5.41) is 2.72. The lowest BCUT2D eigenvalue weighted by Crippen LogP contribution is -2.37. The van der Waals surface area contributed by atoms with Crippen LogP contribution in [0.3, 0.4) is 0 Å². The molecule has 1 aliphatic heterocycles. The molecule has 3 rings (SSSR count). The fraction of sp³-hybridized carbons (Fsp3) is 0.609. The van der Waals surface area contributed by atoms with Crippen LogP contribution in [0.2, 0.25) is 0 Å². The normalized spacial score (nSPS) is 18.2. The molecule has 6 heteroatoms. The highest BCUT2D eigenvalue weighted by Gasteiger charge is 2.24. The molecule has 0 atom stereocenters. The molecule has 2 fully saturated rings. The summed E-state index contributed by atoms with van der Waals surface area (Å²) in [4.78, 5) is 40.6. The highest BCUT2D eigenvalue weighted by molar-refractivity contribution is 5.96. The minimum absolute atomic E-state index is 0.0475. The number of rotatable bonds is 5. The van der Waals surface area contributed by atoms with E-state index in [0.717, 1.165) is 19.4 Å². The van der Waals surface area contributed by atoms with Gasteiger partial charge >= 0.3 is 0 Å². The maximum absolute atomic E-state index is 12.9. The summed E-state index contributed by atoms with van der Waals surface area (Å²) in [7, 11) is 0. The van der Waals surface area contributed by atoms with Crippen molar-refractivity contribution in [3.05, 3.63) is 29.8 Å². The maximum atomic E-state index is 12.9. The first-order chi connectivity index (χ1) is 14.0. The van der Waals surface area contributed by atoms with E-state index in [0.29, 0.717) is 43.2 Å². The van der Waals surface area contributed by atoms with E-state index in [1.165, 1.54) is 39.0 Å². The second-order valence-corrected chi connectivity index (χ2v) is 8.33. The van der Waals surface area contributed by atoms with Crippen molar-refractivity contribution in [3.8, 4) is 0 Å². The van der Waals surface area contributed by atoms with Crippen LogP contribution in [0.1, 0.15) is 68.6 Å². The number of carbonyl (C=O) groups excluding carboxylic acids is 3. The molecule has 158 valence electrons. The monoisotopic (exact) mass is 399 g/mol. The van der Waals surface area contributed by atoms with Crippen molar-refractivity contribution < 1.29 is 14.4 Å². The first-order valence-corrected chi connectivity index (χ1v) is 11.0. The van der Waals surface area contributed by atoms with Gasteiger partial charge in [0.2, 0.25) is 11.8 Å². The molecule has 0 radical (unpaired) electrons. The second-order valence-electron chi connectivity index (χ2n) is 8.33. The van der Waals surface area contributed by atoms with Gasteiger partial charge in [0.25, 0.3) is 5.91 Å². The predicted octanol–water partition coefficient (Wildman–Crippen LogP) is 3.68. The summed E-state index contributed by atoms with van der Waals surface area (Å²) in [6.07, 6.45) is 8.94. The minimum Gasteiger partial charge on any atom is -0.341 e. The average Bonchev–Trinajstić information content (AvgIpc) is 2.98. The Kier molecular flexibility index (Phi) is 7.67. The van der Waals surface area contributed by atoms with Gasteiger partial charge in [0.05, 0.1) is 0 Å². The van der Waals surface area contributed by atoms with E-state index in [1.807, 2.05) is 9.80 Å². The maximum Gasteiger partial charge on any atom is 0.253 e. The van der Waals surface area contributed by atoms with Crippen molar-refractivity contribution in [1.29, 1.82) is 0 Å². The highest BCUT2D eigenvalue weighted by Crippen LogP contribution is 2.27. The number of hydrogen-bond acceptors (Lipinski definition) is 3. The van der Waals surface area contributed by atoms with E-state index in [-0.39, 0.29) is 17.7 Å².